The van der Waals surface area contributed by atoms with Crippen LogP contribution in [0.4, 0.5) is 0 Å². The lowest BCUT2D eigenvalue weighted by molar-refractivity contribution is 0.0583. The number of hydrogen-bond donors (Lipinski definition) is 1. The maximum atomic E-state index is 10.3. The molecule has 1 aromatic rings. The highest BCUT2D eigenvalue weighted by Gasteiger charge is 2.48. The van der Waals surface area contributed by atoms with Gasteiger partial charge >= 0.3 is 0 Å². The van der Waals surface area contributed by atoms with E-state index in [1.165, 1.54) is 0 Å². The van der Waals surface area contributed by atoms with Crippen LogP contribution in [0.5, 0.6) is 0 Å². The Balaban J connectivity index is 2.20. The van der Waals surface area contributed by atoms with Crippen LogP contribution < -0.4 is 0 Å². The van der Waals surface area contributed by atoms with Crippen molar-refractivity contribution in [3.63, 3.8) is 0 Å². The summed E-state index contributed by atoms with van der Waals surface area (Å²) in [6.07, 6.45) is 0.844. The number of halogens is 1. The van der Waals surface area contributed by atoms with E-state index in [0.29, 0.717) is 0 Å². The molecule has 1 aromatic carbocycles. The molecule has 0 spiro atoms. The van der Waals surface area contributed by atoms with Gasteiger partial charge in [-0.3, -0.25) is 0 Å². The van der Waals surface area contributed by atoms with Crippen molar-refractivity contribution in [1.82, 2.24) is 0 Å². The quantitative estimate of drug-likeness (QED) is 0.734. The van der Waals surface area contributed by atoms with Gasteiger partial charge in [-0.05, 0) is 24.1 Å². The van der Waals surface area contributed by atoms with E-state index >= 15 is 0 Å². The lowest BCUT2D eigenvalue weighted by atomic mass is 10.1. The van der Waals surface area contributed by atoms with Crippen molar-refractivity contribution in [3.8, 4) is 0 Å². The minimum Gasteiger partial charge on any atom is -0.365 e. The van der Waals surface area contributed by atoms with Crippen LogP contribution in [0.1, 0.15) is 11.1 Å². The Kier molecular flexibility index (Phi) is 1.72. The Morgan fingerprint density at radius 1 is 1.57 bits per heavy atom. The zero-order valence-electron chi connectivity index (χ0n) is 7.27. The van der Waals surface area contributed by atoms with Gasteiger partial charge < -0.3 is 5.11 Å². The van der Waals surface area contributed by atoms with Crippen LogP contribution >= 0.6 is 23.4 Å². The average Bonchev–Trinajstić information content (AvgIpc) is 2.58. The summed E-state index contributed by atoms with van der Waals surface area (Å²) in [5.74, 6) is 0. The van der Waals surface area contributed by atoms with Crippen molar-refractivity contribution < 1.29 is 5.11 Å². The van der Waals surface area contributed by atoms with E-state index in [1.54, 1.807) is 23.4 Å². The third kappa shape index (κ3) is 1.00. The third-order valence-electron chi connectivity index (χ3n) is 2.79. The van der Waals surface area contributed by atoms with Gasteiger partial charge in [0, 0.05) is 10.6 Å². The van der Waals surface area contributed by atoms with Crippen molar-refractivity contribution >= 4 is 28.9 Å². The summed E-state index contributed by atoms with van der Waals surface area (Å²) in [7, 11) is 0. The topological polar surface area (TPSA) is 32.6 Å². The van der Waals surface area contributed by atoms with Crippen LogP contribution in [0.2, 0.25) is 5.02 Å². The molecule has 0 fully saturated rings. The summed E-state index contributed by atoms with van der Waals surface area (Å²) in [6, 6.07) is 5.60. The molecule has 2 aliphatic rings. The molecule has 1 N–H and O–H groups in total. The number of rotatable bonds is 0. The molecule has 4 heteroatoms. The third-order valence-corrected chi connectivity index (χ3v) is 4.08. The summed E-state index contributed by atoms with van der Waals surface area (Å²) in [5.41, 5.74) is 2.77. The van der Waals surface area contributed by atoms with Crippen LogP contribution in [0.15, 0.2) is 23.2 Å². The second-order valence-electron chi connectivity index (χ2n) is 3.59. The van der Waals surface area contributed by atoms with Crippen molar-refractivity contribution in [2.45, 2.75) is 17.4 Å². The van der Waals surface area contributed by atoms with E-state index in [9.17, 15) is 5.11 Å². The Morgan fingerprint density at radius 2 is 2.43 bits per heavy atom. The van der Waals surface area contributed by atoms with Crippen molar-refractivity contribution in [2.75, 3.05) is 0 Å². The summed E-state index contributed by atoms with van der Waals surface area (Å²) >= 11 is 7.49. The minimum atomic E-state index is -0.995. The highest BCUT2D eigenvalue weighted by molar-refractivity contribution is 8.13. The van der Waals surface area contributed by atoms with Gasteiger partial charge in [0.1, 0.15) is 0 Å². The molecule has 1 aliphatic carbocycles. The molecule has 1 aliphatic heterocycles. The van der Waals surface area contributed by atoms with Gasteiger partial charge in [0.25, 0.3) is 0 Å². The molecular weight excluding hydrogens is 218 g/mol. The molecule has 72 valence electrons. The summed E-state index contributed by atoms with van der Waals surface area (Å²) in [6.45, 7) is 0. The largest absolute Gasteiger partial charge is 0.365 e. The maximum Gasteiger partial charge on any atom is 0.195 e. The molecule has 0 radical (unpaired) electrons. The van der Waals surface area contributed by atoms with E-state index in [-0.39, 0.29) is 5.25 Å². The van der Waals surface area contributed by atoms with Gasteiger partial charge in [-0.25, -0.2) is 4.99 Å². The molecule has 2 nitrogen and oxygen atoms in total. The van der Waals surface area contributed by atoms with Crippen LogP contribution in [-0.4, -0.2) is 15.9 Å². The summed E-state index contributed by atoms with van der Waals surface area (Å²) < 4.78 is 0. The molecule has 0 bridgehead atoms. The molecule has 2 unspecified atom stereocenters. The van der Waals surface area contributed by atoms with E-state index in [4.69, 9.17) is 11.6 Å². The van der Waals surface area contributed by atoms with E-state index < -0.39 is 5.72 Å². The number of benzene rings is 1. The van der Waals surface area contributed by atoms with Gasteiger partial charge in [-0.2, -0.15) is 0 Å². The van der Waals surface area contributed by atoms with Crippen LogP contribution in [0.25, 0.3) is 0 Å². The SMILES string of the molecule is OC12N=CSC1Cc1cc(Cl)ccc12. The number of thioether (sulfide) groups is 1. The lowest BCUT2D eigenvalue weighted by Crippen LogP contribution is -2.27. The molecule has 3 rings (SSSR count). The van der Waals surface area contributed by atoms with E-state index in [1.807, 2.05) is 12.1 Å². The first-order chi connectivity index (χ1) is 6.70. The monoisotopic (exact) mass is 225 g/mol. The molecule has 1 heterocycles. The number of aliphatic hydroxyl groups is 1. The molecule has 0 amide bonds. The summed E-state index contributed by atoms with van der Waals surface area (Å²) in [5, 5.41) is 11.2. The van der Waals surface area contributed by atoms with Gasteiger partial charge in [-0.1, -0.05) is 17.7 Å². The van der Waals surface area contributed by atoms with Gasteiger partial charge in [0.15, 0.2) is 5.72 Å². The normalized spacial score (nSPS) is 33.1. The minimum absolute atomic E-state index is 0.135. The molecule has 0 saturated carbocycles. The zero-order valence-corrected chi connectivity index (χ0v) is 8.85. The molecular formula is C10H8ClNOS. The molecule has 2 atom stereocenters. The maximum absolute atomic E-state index is 10.3. The zero-order chi connectivity index (χ0) is 9.76. The van der Waals surface area contributed by atoms with Crippen LogP contribution in [0.3, 0.4) is 0 Å². The van der Waals surface area contributed by atoms with Crippen molar-refractivity contribution in [1.29, 1.82) is 0 Å². The number of hydrogen-bond acceptors (Lipinski definition) is 3. The fraction of sp³-hybridized carbons (Fsp3) is 0.300. The smallest absolute Gasteiger partial charge is 0.195 e. The fourth-order valence-electron chi connectivity index (χ4n) is 2.09. The van der Waals surface area contributed by atoms with Crippen molar-refractivity contribution in [3.05, 3.63) is 34.3 Å². The van der Waals surface area contributed by atoms with Crippen molar-refractivity contribution in [2.24, 2.45) is 4.99 Å². The standard InChI is InChI=1S/C10H8ClNOS/c11-7-1-2-8-6(3-7)4-9-10(8,13)12-5-14-9/h1-3,5,9,13H,4H2. The van der Waals surface area contributed by atoms with Gasteiger partial charge in [-0.15, -0.1) is 11.8 Å². The molecule has 0 saturated heterocycles. The summed E-state index contributed by atoms with van der Waals surface area (Å²) in [4.78, 5) is 4.15. The second-order valence-corrected chi connectivity index (χ2v) is 5.08. The first-order valence-electron chi connectivity index (χ1n) is 4.40. The average molecular weight is 226 g/mol. The Hall–Kier alpha value is -0.510. The van der Waals surface area contributed by atoms with E-state index in [0.717, 1.165) is 22.6 Å². The highest BCUT2D eigenvalue weighted by Crippen LogP contribution is 2.47. The van der Waals surface area contributed by atoms with Crippen LogP contribution in [0, 0.1) is 0 Å². The number of aliphatic imine (C=N–C) groups is 1. The van der Waals surface area contributed by atoms with Gasteiger partial charge in [0.05, 0.1) is 10.8 Å². The predicted octanol–water partition coefficient (Wildman–Crippen LogP) is 2.18. The highest BCUT2D eigenvalue weighted by atomic mass is 35.5. The van der Waals surface area contributed by atoms with E-state index in [2.05, 4.69) is 4.99 Å². The number of fused-ring (bicyclic) bond motifs is 3. The Morgan fingerprint density at radius 3 is 3.29 bits per heavy atom. The van der Waals surface area contributed by atoms with Gasteiger partial charge in [0.2, 0.25) is 0 Å². The Bertz CT molecular complexity index is 434. The number of nitrogens with zero attached hydrogens (tertiary/aromatic N) is 1. The first-order valence-corrected chi connectivity index (χ1v) is 5.73. The Labute approximate surface area is 91.0 Å². The fourth-order valence-corrected chi connectivity index (χ4v) is 3.30. The molecule has 0 aromatic heterocycles. The first kappa shape index (κ1) is 8.77. The predicted molar refractivity (Wildman–Crippen MR) is 58.9 cm³/mol. The lowest BCUT2D eigenvalue weighted by Gasteiger charge is -2.19. The molecule has 14 heavy (non-hydrogen) atoms. The van der Waals surface area contributed by atoms with Crippen LogP contribution in [-0.2, 0) is 12.1 Å². The second kappa shape index (κ2) is 2.75.